The highest BCUT2D eigenvalue weighted by atomic mass is 127. The number of hydrogen-bond donors (Lipinski definition) is 0. The van der Waals surface area contributed by atoms with Crippen molar-refractivity contribution >= 4 is 10.1 Å². The van der Waals surface area contributed by atoms with Crippen molar-refractivity contribution in [3.8, 4) is 0 Å². The zero-order chi connectivity index (χ0) is 11.4. The second kappa shape index (κ2) is 5.97. The number of halogens is 1. The van der Waals surface area contributed by atoms with Gasteiger partial charge in [-0.1, -0.05) is 24.3 Å². The fourth-order valence-electron chi connectivity index (χ4n) is 1.18. The van der Waals surface area contributed by atoms with E-state index in [1.54, 1.807) is 36.4 Å². The highest BCUT2D eigenvalue weighted by Crippen LogP contribution is 2.06. The highest BCUT2D eigenvalue weighted by Gasteiger charge is 2.20. The summed E-state index contributed by atoms with van der Waals surface area (Å²) >= 11 is 0. The van der Waals surface area contributed by atoms with Crippen LogP contribution < -0.4 is 33.0 Å². The molecule has 1 aromatic heterocycles. The summed E-state index contributed by atoms with van der Waals surface area (Å²) in [5, 5.41) is 0. The molecule has 0 N–H and O–H groups in total. The molecule has 0 saturated heterocycles. The molecule has 0 spiro atoms. The van der Waals surface area contributed by atoms with E-state index in [-0.39, 0.29) is 28.9 Å². The first-order valence-corrected chi connectivity index (χ1v) is 6.06. The van der Waals surface area contributed by atoms with Crippen LogP contribution in [0.25, 0.3) is 0 Å². The molecular formula is C11H10INO3S. The van der Waals surface area contributed by atoms with E-state index in [4.69, 9.17) is 4.28 Å². The lowest BCUT2D eigenvalue weighted by Gasteiger charge is -1.99. The van der Waals surface area contributed by atoms with Crippen LogP contribution in [-0.2, 0) is 10.1 Å². The van der Waals surface area contributed by atoms with Crippen LogP contribution in [0.5, 0.6) is 0 Å². The molecule has 4 nitrogen and oxygen atoms in total. The van der Waals surface area contributed by atoms with E-state index in [1.807, 2.05) is 0 Å². The molecule has 2 aromatic rings. The number of pyridine rings is 1. The van der Waals surface area contributed by atoms with Gasteiger partial charge in [0.05, 0.1) is 0 Å². The summed E-state index contributed by atoms with van der Waals surface area (Å²) in [4.78, 5) is 0.131. The normalized spacial score (nSPS) is 10.4. The third-order valence-corrected chi connectivity index (χ3v) is 3.12. The number of hydrogen-bond acceptors (Lipinski definition) is 3. The molecule has 0 unspecified atom stereocenters. The summed E-state index contributed by atoms with van der Waals surface area (Å²) in [5.41, 5.74) is 0. The maximum absolute atomic E-state index is 11.8. The molecule has 0 bridgehead atoms. The number of nitrogens with zero attached hydrogens (tertiary/aromatic N) is 1. The van der Waals surface area contributed by atoms with Crippen molar-refractivity contribution in [1.82, 2.24) is 0 Å². The second-order valence-electron chi connectivity index (χ2n) is 3.08. The average Bonchev–Trinajstić information content (AvgIpc) is 2.31. The summed E-state index contributed by atoms with van der Waals surface area (Å²) in [6, 6.07) is 13.1. The Hall–Kier alpha value is -1.15. The van der Waals surface area contributed by atoms with Crippen molar-refractivity contribution in [2.24, 2.45) is 0 Å². The predicted molar refractivity (Wildman–Crippen MR) is 56.8 cm³/mol. The molecule has 0 aliphatic carbocycles. The summed E-state index contributed by atoms with van der Waals surface area (Å²) in [5.74, 6) is 0. The summed E-state index contributed by atoms with van der Waals surface area (Å²) in [6.07, 6.45) is 3.03. The lowest BCUT2D eigenvalue weighted by Crippen LogP contribution is -3.00. The number of rotatable bonds is 3. The van der Waals surface area contributed by atoms with Gasteiger partial charge in [-0.05, 0) is 12.1 Å². The molecule has 2 rings (SSSR count). The maximum Gasteiger partial charge on any atom is 0.396 e. The Kier molecular flexibility index (Phi) is 4.88. The smallest absolute Gasteiger partial charge is 0.396 e. The van der Waals surface area contributed by atoms with Gasteiger partial charge in [0.25, 0.3) is 0 Å². The molecule has 90 valence electrons. The van der Waals surface area contributed by atoms with Crippen molar-refractivity contribution in [1.29, 1.82) is 0 Å². The molecule has 1 heterocycles. The second-order valence-corrected chi connectivity index (χ2v) is 4.61. The van der Waals surface area contributed by atoms with Gasteiger partial charge in [-0.2, -0.15) is 8.42 Å². The van der Waals surface area contributed by atoms with E-state index in [0.29, 0.717) is 0 Å². The van der Waals surface area contributed by atoms with Gasteiger partial charge < -0.3 is 24.0 Å². The molecule has 0 aliphatic heterocycles. The minimum Gasteiger partial charge on any atom is -1.00 e. The Bertz CT molecular complexity index is 558. The van der Waals surface area contributed by atoms with Gasteiger partial charge in [0.15, 0.2) is 0 Å². The monoisotopic (exact) mass is 363 g/mol. The van der Waals surface area contributed by atoms with Crippen molar-refractivity contribution in [2.45, 2.75) is 4.90 Å². The van der Waals surface area contributed by atoms with Crippen LogP contribution in [0, 0.1) is 0 Å². The highest BCUT2D eigenvalue weighted by molar-refractivity contribution is 7.86. The topological polar surface area (TPSA) is 47.3 Å². The third-order valence-electron chi connectivity index (χ3n) is 1.90. The van der Waals surface area contributed by atoms with E-state index >= 15 is 0 Å². The molecule has 0 radical (unpaired) electrons. The Balaban J connectivity index is 0.00000144. The standard InChI is InChI=1S/C11H10NO3S.HI/c13-16(14,11-7-3-1-4-8-11)15-12-9-5-2-6-10-12;/h1-10H;1H/q+1;/p-1. The molecular weight excluding hydrogens is 353 g/mol. The Morgan fingerprint density at radius 2 is 1.41 bits per heavy atom. The molecule has 0 amide bonds. The van der Waals surface area contributed by atoms with Gasteiger partial charge in [-0.3, -0.25) is 0 Å². The molecule has 0 fully saturated rings. The van der Waals surface area contributed by atoms with Gasteiger partial charge in [0.1, 0.15) is 4.90 Å². The van der Waals surface area contributed by atoms with Gasteiger partial charge in [-0.25, -0.2) is 0 Å². The molecule has 6 heteroatoms. The van der Waals surface area contributed by atoms with Crippen LogP contribution in [0.4, 0.5) is 0 Å². The SMILES string of the molecule is O=S(=O)(O[n+]1ccccc1)c1ccccc1.[I-]. The van der Waals surface area contributed by atoms with Gasteiger partial charge >= 0.3 is 10.1 Å². The quantitative estimate of drug-likeness (QED) is 0.459. The zero-order valence-electron chi connectivity index (χ0n) is 8.73. The Morgan fingerprint density at radius 1 is 0.882 bits per heavy atom. The zero-order valence-corrected chi connectivity index (χ0v) is 11.7. The van der Waals surface area contributed by atoms with Crippen molar-refractivity contribution in [3.05, 3.63) is 60.9 Å². The largest absolute Gasteiger partial charge is 1.00 e. The third kappa shape index (κ3) is 3.67. The average molecular weight is 363 g/mol. The van der Waals surface area contributed by atoms with Crippen molar-refractivity contribution < 1.29 is 41.4 Å². The van der Waals surface area contributed by atoms with Crippen molar-refractivity contribution in [2.75, 3.05) is 0 Å². The lowest BCUT2D eigenvalue weighted by atomic mass is 10.4. The van der Waals surface area contributed by atoms with E-state index < -0.39 is 10.1 Å². The minimum atomic E-state index is -3.75. The Morgan fingerprint density at radius 3 is 2.00 bits per heavy atom. The molecule has 0 saturated carbocycles. The van der Waals surface area contributed by atoms with Crippen LogP contribution >= 0.6 is 0 Å². The first-order valence-electron chi connectivity index (χ1n) is 4.65. The summed E-state index contributed by atoms with van der Waals surface area (Å²) < 4.78 is 29.5. The maximum atomic E-state index is 11.8. The van der Waals surface area contributed by atoms with Crippen LogP contribution in [-0.4, -0.2) is 8.42 Å². The van der Waals surface area contributed by atoms with Gasteiger partial charge in [0, 0.05) is 16.9 Å². The molecule has 1 aromatic carbocycles. The first-order chi connectivity index (χ1) is 7.68. The number of benzene rings is 1. The van der Waals surface area contributed by atoms with E-state index in [0.717, 1.165) is 4.73 Å². The van der Waals surface area contributed by atoms with Crippen molar-refractivity contribution in [3.63, 3.8) is 0 Å². The van der Waals surface area contributed by atoms with E-state index in [1.165, 1.54) is 24.5 Å². The Labute approximate surface area is 117 Å². The van der Waals surface area contributed by atoms with Gasteiger partial charge in [0.2, 0.25) is 12.4 Å². The van der Waals surface area contributed by atoms with Crippen LogP contribution in [0.1, 0.15) is 0 Å². The fourth-order valence-corrected chi connectivity index (χ4v) is 2.08. The summed E-state index contributed by atoms with van der Waals surface area (Å²) in [7, 11) is -3.75. The van der Waals surface area contributed by atoms with Crippen LogP contribution in [0.3, 0.4) is 0 Å². The molecule has 0 atom stereocenters. The first kappa shape index (κ1) is 13.9. The fraction of sp³-hybridized carbons (Fsp3) is 0. The number of aromatic nitrogens is 1. The van der Waals surface area contributed by atoms with Gasteiger partial charge in [-0.15, -0.1) is 4.28 Å². The summed E-state index contributed by atoms with van der Waals surface area (Å²) in [6.45, 7) is 0. The van der Waals surface area contributed by atoms with Crippen LogP contribution in [0.15, 0.2) is 65.8 Å². The van der Waals surface area contributed by atoms with E-state index in [2.05, 4.69) is 0 Å². The van der Waals surface area contributed by atoms with E-state index in [9.17, 15) is 8.42 Å². The lowest BCUT2D eigenvalue weighted by molar-refractivity contribution is -0.856. The molecule has 17 heavy (non-hydrogen) atoms. The predicted octanol–water partition coefficient (Wildman–Crippen LogP) is -2.20. The minimum absolute atomic E-state index is 0. The van der Waals surface area contributed by atoms with Crippen LogP contribution in [0.2, 0.25) is 0 Å². The molecule has 0 aliphatic rings.